The van der Waals surface area contributed by atoms with Crippen LogP contribution in [0, 0.1) is 0 Å². The van der Waals surface area contributed by atoms with Gasteiger partial charge in [-0.3, -0.25) is 0 Å². The Kier molecular flexibility index (Phi) is 4.35. The fraction of sp³-hybridized carbons (Fsp3) is 0.500. The van der Waals surface area contributed by atoms with Gasteiger partial charge >= 0.3 is 0 Å². The first kappa shape index (κ1) is 15.3. The van der Waals surface area contributed by atoms with Gasteiger partial charge in [-0.2, -0.15) is 0 Å². The number of benzene rings is 1. The van der Waals surface area contributed by atoms with Gasteiger partial charge in [0, 0.05) is 23.7 Å². The molecule has 2 N–H and O–H groups in total. The molecule has 0 saturated heterocycles. The fourth-order valence-electron chi connectivity index (χ4n) is 1.36. The molecule has 0 unspecified atom stereocenters. The van der Waals surface area contributed by atoms with Crippen molar-refractivity contribution in [2.45, 2.75) is 35.3 Å². The van der Waals surface area contributed by atoms with Crippen LogP contribution < -0.4 is 5.73 Å². The van der Waals surface area contributed by atoms with E-state index in [1.54, 1.807) is 17.8 Å². The van der Waals surface area contributed by atoms with E-state index in [4.69, 9.17) is 5.73 Å². The lowest BCUT2D eigenvalue weighted by atomic mass is 10.3. The van der Waals surface area contributed by atoms with E-state index in [2.05, 4.69) is 20.8 Å². The van der Waals surface area contributed by atoms with Crippen LogP contribution in [0.5, 0.6) is 0 Å². The fourth-order valence-corrected chi connectivity index (χ4v) is 3.49. The number of nitrogens with two attached hydrogens (primary N) is 1. The molecule has 6 heteroatoms. The molecule has 0 aromatic heterocycles. The molecule has 102 valence electrons. The van der Waals surface area contributed by atoms with Crippen molar-refractivity contribution in [3.8, 4) is 0 Å². The summed E-state index contributed by atoms with van der Waals surface area (Å²) in [5.74, 6) is 0. The molecule has 1 aromatic rings. The van der Waals surface area contributed by atoms with E-state index in [1.807, 2.05) is 6.07 Å². The molecule has 0 spiro atoms. The Morgan fingerprint density at radius 1 is 1.22 bits per heavy atom. The molecule has 18 heavy (non-hydrogen) atoms. The Labute approximate surface area is 114 Å². The molecule has 0 aliphatic rings. The average molecular weight is 288 g/mol. The van der Waals surface area contributed by atoms with Gasteiger partial charge < -0.3 is 5.73 Å². The molecule has 4 nitrogen and oxygen atoms in total. The van der Waals surface area contributed by atoms with Crippen LogP contribution in [-0.4, -0.2) is 31.6 Å². The minimum Gasteiger partial charge on any atom is -0.397 e. The standard InChI is InChI=1S/C12H20N2O2S2/c1-12(2,3)17-9-7-6-8-10(11(9)13)18(15,16)14(4)5/h6-8H,13H2,1-5H3. The second-order valence-electron chi connectivity index (χ2n) is 5.17. The minimum atomic E-state index is -3.49. The summed E-state index contributed by atoms with van der Waals surface area (Å²) in [5.41, 5.74) is 6.31. The molecular weight excluding hydrogens is 268 g/mol. The highest BCUT2D eigenvalue weighted by Gasteiger charge is 2.23. The zero-order valence-corrected chi connectivity index (χ0v) is 13.0. The second kappa shape index (κ2) is 5.11. The average Bonchev–Trinajstić information content (AvgIpc) is 2.18. The van der Waals surface area contributed by atoms with Crippen molar-refractivity contribution in [2.75, 3.05) is 19.8 Å². The Hall–Kier alpha value is -0.720. The predicted octanol–water partition coefficient (Wildman–Crippen LogP) is 2.41. The van der Waals surface area contributed by atoms with Gasteiger partial charge in [0.15, 0.2) is 0 Å². The third kappa shape index (κ3) is 3.40. The van der Waals surface area contributed by atoms with Crippen molar-refractivity contribution in [2.24, 2.45) is 0 Å². The number of para-hydroxylation sites is 1. The predicted molar refractivity (Wildman–Crippen MR) is 77.3 cm³/mol. The first-order chi connectivity index (χ1) is 8.05. The Morgan fingerprint density at radius 3 is 2.22 bits per heavy atom. The molecule has 0 atom stereocenters. The van der Waals surface area contributed by atoms with E-state index in [1.165, 1.54) is 24.5 Å². The number of anilines is 1. The summed E-state index contributed by atoms with van der Waals surface area (Å²) in [4.78, 5) is 0.965. The Morgan fingerprint density at radius 2 is 1.78 bits per heavy atom. The first-order valence-electron chi connectivity index (χ1n) is 5.56. The van der Waals surface area contributed by atoms with Gasteiger partial charge in [0.2, 0.25) is 10.0 Å². The van der Waals surface area contributed by atoms with E-state index in [0.29, 0.717) is 5.69 Å². The maximum atomic E-state index is 12.1. The van der Waals surface area contributed by atoms with E-state index < -0.39 is 10.0 Å². The highest BCUT2D eigenvalue weighted by atomic mass is 32.2. The summed E-state index contributed by atoms with van der Waals surface area (Å²) in [5, 5.41) is 0. The highest BCUT2D eigenvalue weighted by molar-refractivity contribution is 8.00. The molecule has 0 amide bonds. The van der Waals surface area contributed by atoms with Crippen LogP contribution in [0.3, 0.4) is 0 Å². The normalized spacial score (nSPS) is 13.0. The zero-order valence-electron chi connectivity index (χ0n) is 11.4. The molecule has 1 rings (SSSR count). The smallest absolute Gasteiger partial charge is 0.244 e. The maximum Gasteiger partial charge on any atom is 0.244 e. The van der Waals surface area contributed by atoms with Crippen molar-refractivity contribution in [3.63, 3.8) is 0 Å². The monoisotopic (exact) mass is 288 g/mol. The molecular formula is C12H20N2O2S2. The number of nitrogen functional groups attached to an aromatic ring is 1. The molecule has 0 aliphatic heterocycles. The van der Waals surface area contributed by atoms with Crippen molar-refractivity contribution in [3.05, 3.63) is 18.2 Å². The molecule has 0 radical (unpaired) electrons. The number of hydrogen-bond donors (Lipinski definition) is 1. The van der Waals surface area contributed by atoms with Gasteiger partial charge in [-0.25, -0.2) is 12.7 Å². The Balaban J connectivity index is 3.31. The van der Waals surface area contributed by atoms with Crippen LogP contribution in [0.25, 0.3) is 0 Å². The van der Waals surface area contributed by atoms with Crippen molar-refractivity contribution in [1.82, 2.24) is 4.31 Å². The van der Waals surface area contributed by atoms with Crippen LogP contribution >= 0.6 is 11.8 Å². The van der Waals surface area contributed by atoms with E-state index in [-0.39, 0.29) is 9.64 Å². The van der Waals surface area contributed by atoms with Crippen LogP contribution in [0.2, 0.25) is 0 Å². The van der Waals surface area contributed by atoms with E-state index in [0.717, 1.165) is 4.90 Å². The minimum absolute atomic E-state index is 0.0192. The van der Waals surface area contributed by atoms with Gasteiger partial charge in [0.25, 0.3) is 0 Å². The maximum absolute atomic E-state index is 12.1. The summed E-state index contributed by atoms with van der Waals surface area (Å²) >= 11 is 1.56. The topological polar surface area (TPSA) is 63.4 Å². The third-order valence-electron chi connectivity index (χ3n) is 2.20. The Bertz CT molecular complexity index is 531. The lowest BCUT2D eigenvalue weighted by Gasteiger charge is -2.20. The molecule has 0 heterocycles. The quantitative estimate of drug-likeness (QED) is 0.685. The number of nitrogens with zero attached hydrogens (tertiary/aromatic N) is 1. The van der Waals surface area contributed by atoms with Gasteiger partial charge in [-0.1, -0.05) is 26.8 Å². The van der Waals surface area contributed by atoms with Gasteiger partial charge in [0.05, 0.1) is 5.69 Å². The highest BCUT2D eigenvalue weighted by Crippen LogP contribution is 2.38. The van der Waals surface area contributed by atoms with E-state index >= 15 is 0 Å². The third-order valence-corrected chi connectivity index (χ3v) is 5.26. The van der Waals surface area contributed by atoms with Gasteiger partial charge in [-0.15, -0.1) is 11.8 Å². The van der Waals surface area contributed by atoms with Crippen LogP contribution in [0.1, 0.15) is 20.8 Å². The SMILES string of the molecule is CN(C)S(=O)(=O)c1cccc(SC(C)(C)C)c1N. The van der Waals surface area contributed by atoms with Gasteiger partial charge in [-0.05, 0) is 12.1 Å². The van der Waals surface area contributed by atoms with Crippen LogP contribution in [-0.2, 0) is 10.0 Å². The summed E-state index contributed by atoms with van der Waals surface area (Å²) in [7, 11) is -0.494. The largest absolute Gasteiger partial charge is 0.397 e. The van der Waals surface area contributed by atoms with Crippen molar-refractivity contribution < 1.29 is 8.42 Å². The summed E-state index contributed by atoms with van der Waals surface area (Å²) in [6.45, 7) is 6.18. The molecule has 1 aromatic carbocycles. The number of sulfonamides is 1. The zero-order chi connectivity index (χ0) is 14.1. The molecule has 0 aliphatic carbocycles. The number of rotatable bonds is 3. The lowest BCUT2D eigenvalue weighted by molar-refractivity contribution is 0.521. The van der Waals surface area contributed by atoms with Crippen molar-refractivity contribution >= 4 is 27.5 Å². The molecule has 0 saturated carbocycles. The van der Waals surface area contributed by atoms with E-state index in [9.17, 15) is 8.42 Å². The number of hydrogen-bond acceptors (Lipinski definition) is 4. The van der Waals surface area contributed by atoms with Crippen LogP contribution in [0.15, 0.2) is 28.0 Å². The van der Waals surface area contributed by atoms with Crippen molar-refractivity contribution in [1.29, 1.82) is 0 Å². The molecule has 0 fully saturated rings. The van der Waals surface area contributed by atoms with Gasteiger partial charge in [0.1, 0.15) is 4.90 Å². The summed E-state index contributed by atoms with van der Waals surface area (Å²) < 4.78 is 25.4. The first-order valence-corrected chi connectivity index (χ1v) is 7.81. The lowest BCUT2D eigenvalue weighted by Crippen LogP contribution is -2.23. The second-order valence-corrected chi connectivity index (χ2v) is 9.16. The summed E-state index contributed by atoms with van der Waals surface area (Å²) in [6.07, 6.45) is 0. The summed E-state index contributed by atoms with van der Waals surface area (Å²) in [6, 6.07) is 5.11. The molecule has 0 bridgehead atoms. The number of thioether (sulfide) groups is 1. The van der Waals surface area contributed by atoms with Crippen LogP contribution in [0.4, 0.5) is 5.69 Å².